The van der Waals surface area contributed by atoms with E-state index in [9.17, 15) is 9.59 Å². The van der Waals surface area contributed by atoms with Crippen molar-refractivity contribution < 1.29 is 24.2 Å². The molecule has 0 heterocycles. The van der Waals surface area contributed by atoms with Crippen LogP contribution in [0.2, 0.25) is 0 Å². The number of benzene rings is 1. The van der Waals surface area contributed by atoms with Crippen molar-refractivity contribution in [2.24, 2.45) is 0 Å². The molecule has 1 rings (SSSR count). The molecule has 0 aromatic heterocycles. The van der Waals surface area contributed by atoms with Crippen molar-refractivity contribution in [1.29, 1.82) is 0 Å². The molecule has 0 radical (unpaired) electrons. The van der Waals surface area contributed by atoms with Gasteiger partial charge in [0.1, 0.15) is 5.75 Å². The molecule has 0 aliphatic carbocycles. The summed E-state index contributed by atoms with van der Waals surface area (Å²) in [5.41, 5.74) is 0.660. The number of carbonyl (C=O) groups is 2. The van der Waals surface area contributed by atoms with Gasteiger partial charge in [0.25, 0.3) is 0 Å². The van der Waals surface area contributed by atoms with Gasteiger partial charge in [-0.25, -0.2) is 9.59 Å². The maximum atomic E-state index is 11.9. The van der Waals surface area contributed by atoms with Gasteiger partial charge in [-0.2, -0.15) is 0 Å². The summed E-state index contributed by atoms with van der Waals surface area (Å²) in [5.74, 6) is -0.437. The van der Waals surface area contributed by atoms with Crippen LogP contribution in [0.3, 0.4) is 0 Å². The number of rotatable bonds is 6. The Morgan fingerprint density at radius 1 is 1.30 bits per heavy atom. The molecule has 0 fully saturated rings. The van der Waals surface area contributed by atoms with E-state index in [4.69, 9.17) is 14.6 Å². The zero-order chi connectivity index (χ0) is 15.1. The molecule has 7 nitrogen and oxygen atoms in total. The van der Waals surface area contributed by atoms with Gasteiger partial charge in [-0.05, 0) is 24.3 Å². The number of carboxylic acid groups (broad SMARTS) is 1. The van der Waals surface area contributed by atoms with E-state index in [1.54, 1.807) is 38.4 Å². The molecule has 0 aliphatic rings. The number of urea groups is 1. The highest BCUT2D eigenvalue weighted by Crippen LogP contribution is 2.17. The lowest BCUT2D eigenvalue weighted by molar-refractivity contribution is -0.147. The average Bonchev–Trinajstić information content (AvgIpc) is 2.46. The number of hydrogen-bond acceptors (Lipinski definition) is 4. The molecular weight excluding hydrogens is 264 g/mol. The molecule has 110 valence electrons. The lowest BCUT2D eigenvalue weighted by Crippen LogP contribution is -2.43. The summed E-state index contributed by atoms with van der Waals surface area (Å²) in [7, 11) is 4.42. The molecule has 0 spiro atoms. The number of amides is 2. The molecule has 2 amide bonds. The fourth-order valence-electron chi connectivity index (χ4n) is 1.49. The maximum Gasteiger partial charge on any atom is 0.334 e. The van der Waals surface area contributed by atoms with Crippen LogP contribution in [0.25, 0.3) is 0 Å². The van der Waals surface area contributed by atoms with Gasteiger partial charge in [0.2, 0.25) is 0 Å². The number of nitrogens with one attached hydrogen (secondary N) is 1. The highest BCUT2D eigenvalue weighted by molar-refractivity contribution is 5.91. The third kappa shape index (κ3) is 4.13. The molecular formula is C13H18N2O5. The lowest BCUT2D eigenvalue weighted by Gasteiger charge is -2.19. The van der Waals surface area contributed by atoms with Gasteiger partial charge in [-0.15, -0.1) is 0 Å². The minimum Gasteiger partial charge on any atom is -0.497 e. The van der Waals surface area contributed by atoms with Crippen LogP contribution in [-0.4, -0.2) is 51.0 Å². The van der Waals surface area contributed by atoms with Crippen molar-refractivity contribution in [3.8, 4) is 5.75 Å². The number of hydrogen-bond donors (Lipinski definition) is 2. The fourth-order valence-corrected chi connectivity index (χ4v) is 1.49. The van der Waals surface area contributed by atoms with Crippen molar-refractivity contribution in [2.45, 2.75) is 6.10 Å². The van der Waals surface area contributed by atoms with Gasteiger partial charge in [0.05, 0.1) is 13.7 Å². The number of anilines is 1. The first-order valence-corrected chi connectivity index (χ1v) is 5.90. The van der Waals surface area contributed by atoms with Crippen LogP contribution in [0, 0.1) is 0 Å². The van der Waals surface area contributed by atoms with Crippen molar-refractivity contribution in [1.82, 2.24) is 5.32 Å². The third-order valence-electron chi connectivity index (χ3n) is 2.76. The predicted molar refractivity (Wildman–Crippen MR) is 73.2 cm³/mol. The molecule has 20 heavy (non-hydrogen) atoms. The van der Waals surface area contributed by atoms with Gasteiger partial charge in [0, 0.05) is 19.8 Å². The summed E-state index contributed by atoms with van der Waals surface area (Å²) in [6, 6.07) is 6.49. The highest BCUT2D eigenvalue weighted by atomic mass is 16.5. The summed E-state index contributed by atoms with van der Waals surface area (Å²) < 4.78 is 9.76. The van der Waals surface area contributed by atoms with Gasteiger partial charge in [0.15, 0.2) is 6.10 Å². The van der Waals surface area contributed by atoms with Crippen LogP contribution < -0.4 is 15.0 Å². The number of ether oxygens (including phenoxy) is 2. The topological polar surface area (TPSA) is 88.1 Å². The largest absolute Gasteiger partial charge is 0.497 e. The van der Waals surface area contributed by atoms with Crippen molar-refractivity contribution >= 4 is 17.7 Å². The quantitative estimate of drug-likeness (QED) is 0.810. The minimum atomic E-state index is -1.13. The van der Waals surface area contributed by atoms with E-state index >= 15 is 0 Å². The van der Waals surface area contributed by atoms with Crippen molar-refractivity contribution in [2.75, 3.05) is 32.7 Å². The van der Waals surface area contributed by atoms with Gasteiger partial charge in [-0.3, -0.25) is 4.90 Å². The molecule has 2 N–H and O–H groups in total. The monoisotopic (exact) mass is 282 g/mol. The van der Waals surface area contributed by atoms with Crippen molar-refractivity contribution in [3.63, 3.8) is 0 Å². The Bertz CT molecular complexity index is 460. The number of carboxylic acids is 1. The normalized spacial score (nSPS) is 11.6. The summed E-state index contributed by atoms with van der Waals surface area (Å²) in [4.78, 5) is 24.0. The van der Waals surface area contributed by atoms with E-state index in [1.165, 1.54) is 12.0 Å². The highest BCUT2D eigenvalue weighted by Gasteiger charge is 2.18. The summed E-state index contributed by atoms with van der Waals surface area (Å²) in [6.07, 6.45) is -1.07. The fraction of sp³-hybridized carbons (Fsp3) is 0.385. The summed E-state index contributed by atoms with van der Waals surface area (Å²) >= 11 is 0. The Morgan fingerprint density at radius 3 is 2.35 bits per heavy atom. The van der Waals surface area contributed by atoms with E-state index < -0.39 is 18.1 Å². The number of nitrogens with zero attached hydrogens (tertiary/aromatic N) is 1. The predicted octanol–water partition coefficient (Wildman–Crippen LogP) is 0.941. The molecule has 1 aromatic rings. The first-order valence-electron chi connectivity index (χ1n) is 5.90. The second-order valence-electron chi connectivity index (χ2n) is 4.01. The molecule has 0 aliphatic heterocycles. The molecule has 0 saturated carbocycles. The van der Waals surface area contributed by atoms with Crippen LogP contribution in [0.15, 0.2) is 24.3 Å². The first kappa shape index (κ1) is 15.8. The van der Waals surface area contributed by atoms with Gasteiger partial charge in [-0.1, -0.05) is 0 Å². The molecule has 1 unspecified atom stereocenters. The number of methoxy groups -OCH3 is 2. The van der Waals surface area contributed by atoms with E-state index in [0.717, 1.165) is 0 Å². The van der Waals surface area contributed by atoms with Crippen LogP contribution >= 0.6 is 0 Å². The SMILES string of the molecule is COc1ccc(N(C)C(=O)NCC(OC)C(=O)O)cc1. The van der Waals surface area contributed by atoms with Gasteiger partial charge < -0.3 is 19.9 Å². The Labute approximate surface area is 117 Å². The van der Waals surface area contributed by atoms with Gasteiger partial charge >= 0.3 is 12.0 Å². The lowest BCUT2D eigenvalue weighted by atomic mass is 10.3. The molecule has 0 saturated heterocycles. The molecule has 1 aromatic carbocycles. The smallest absolute Gasteiger partial charge is 0.334 e. The van der Waals surface area contributed by atoms with Crippen LogP contribution in [0.1, 0.15) is 0 Å². The van der Waals surface area contributed by atoms with Crippen LogP contribution in [0.4, 0.5) is 10.5 Å². The standard InChI is InChI=1S/C13H18N2O5/c1-15(9-4-6-10(19-2)7-5-9)13(18)14-8-11(20-3)12(16)17/h4-7,11H,8H2,1-3H3,(H,14,18)(H,16,17). The van der Waals surface area contributed by atoms with Crippen LogP contribution in [-0.2, 0) is 9.53 Å². The zero-order valence-electron chi connectivity index (χ0n) is 11.6. The maximum absolute atomic E-state index is 11.9. The zero-order valence-corrected chi connectivity index (χ0v) is 11.6. The average molecular weight is 282 g/mol. The molecule has 1 atom stereocenters. The Hall–Kier alpha value is -2.28. The number of aliphatic carboxylic acids is 1. The summed E-state index contributed by atoms with van der Waals surface area (Å²) in [6.45, 7) is -0.106. The minimum absolute atomic E-state index is 0.106. The van der Waals surface area contributed by atoms with Crippen LogP contribution in [0.5, 0.6) is 5.75 Å². The second kappa shape index (κ2) is 7.34. The molecule has 7 heteroatoms. The van der Waals surface area contributed by atoms with E-state index in [-0.39, 0.29) is 6.54 Å². The second-order valence-corrected chi connectivity index (χ2v) is 4.01. The third-order valence-corrected chi connectivity index (χ3v) is 2.76. The first-order chi connectivity index (χ1) is 9.49. The van der Waals surface area contributed by atoms with Crippen molar-refractivity contribution in [3.05, 3.63) is 24.3 Å². The molecule has 0 bridgehead atoms. The van der Waals surface area contributed by atoms with E-state index in [1.807, 2.05) is 0 Å². The Morgan fingerprint density at radius 2 is 1.90 bits per heavy atom. The Balaban J connectivity index is 2.59. The van der Waals surface area contributed by atoms with E-state index in [0.29, 0.717) is 11.4 Å². The summed E-state index contributed by atoms with van der Waals surface area (Å²) in [5, 5.41) is 11.3. The number of carbonyl (C=O) groups excluding carboxylic acids is 1. The van der Waals surface area contributed by atoms with E-state index in [2.05, 4.69) is 5.32 Å². The Kier molecular flexibility index (Phi) is 5.79.